The number of alkyl halides is 3. The SMILES string of the molecule is Cl.N[C@H](c1cccnc1)C(F)(F)F. The minimum absolute atomic E-state index is 0. The number of hydrogen-bond donors (Lipinski definition) is 1. The van der Waals surface area contributed by atoms with Crippen LogP contribution in [0.25, 0.3) is 0 Å². The van der Waals surface area contributed by atoms with Crippen molar-refractivity contribution in [1.82, 2.24) is 4.98 Å². The molecule has 0 fully saturated rings. The van der Waals surface area contributed by atoms with E-state index in [-0.39, 0.29) is 18.0 Å². The van der Waals surface area contributed by atoms with Crippen molar-refractivity contribution in [3.05, 3.63) is 30.1 Å². The number of nitrogens with zero attached hydrogens (tertiary/aromatic N) is 1. The molecular formula is C7H8ClF3N2. The molecule has 2 nitrogen and oxygen atoms in total. The Labute approximate surface area is 79.4 Å². The topological polar surface area (TPSA) is 38.9 Å². The van der Waals surface area contributed by atoms with Crippen molar-refractivity contribution in [3.8, 4) is 0 Å². The predicted octanol–water partition coefficient (Wildman–Crippen LogP) is 2.07. The van der Waals surface area contributed by atoms with Gasteiger partial charge in [0.15, 0.2) is 0 Å². The third kappa shape index (κ3) is 3.20. The molecule has 0 aliphatic heterocycles. The molecule has 1 atom stereocenters. The predicted molar refractivity (Wildman–Crippen MR) is 44.5 cm³/mol. The molecule has 0 radical (unpaired) electrons. The molecular weight excluding hydrogens is 205 g/mol. The second-order valence-corrected chi connectivity index (χ2v) is 2.31. The zero-order chi connectivity index (χ0) is 9.19. The van der Waals surface area contributed by atoms with Gasteiger partial charge in [-0.15, -0.1) is 12.4 Å². The van der Waals surface area contributed by atoms with Crippen LogP contribution in [0.2, 0.25) is 0 Å². The maximum absolute atomic E-state index is 12.0. The zero-order valence-corrected chi connectivity index (χ0v) is 7.27. The van der Waals surface area contributed by atoms with Gasteiger partial charge >= 0.3 is 6.18 Å². The van der Waals surface area contributed by atoms with Crippen molar-refractivity contribution in [3.63, 3.8) is 0 Å². The highest BCUT2D eigenvalue weighted by molar-refractivity contribution is 5.85. The van der Waals surface area contributed by atoms with Gasteiger partial charge < -0.3 is 5.73 Å². The molecule has 1 heterocycles. The molecule has 0 aliphatic carbocycles. The molecule has 74 valence electrons. The lowest BCUT2D eigenvalue weighted by Gasteiger charge is -2.14. The Morgan fingerprint density at radius 2 is 2.00 bits per heavy atom. The number of hydrogen-bond acceptors (Lipinski definition) is 2. The molecule has 1 aromatic rings. The largest absolute Gasteiger partial charge is 0.407 e. The summed E-state index contributed by atoms with van der Waals surface area (Å²) < 4.78 is 35.9. The molecule has 0 amide bonds. The lowest BCUT2D eigenvalue weighted by Crippen LogP contribution is -2.28. The Kier molecular flexibility index (Phi) is 4.16. The molecule has 0 saturated heterocycles. The van der Waals surface area contributed by atoms with Crippen LogP contribution in [0.4, 0.5) is 13.2 Å². The summed E-state index contributed by atoms with van der Waals surface area (Å²) in [5, 5.41) is 0. The second kappa shape index (κ2) is 4.43. The summed E-state index contributed by atoms with van der Waals surface area (Å²) in [6, 6.07) is 0.776. The summed E-state index contributed by atoms with van der Waals surface area (Å²) in [5.74, 6) is 0. The maximum Gasteiger partial charge on any atom is 0.407 e. The fourth-order valence-electron chi connectivity index (χ4n) is 0.749. The van der Waals surface area contributed by atoms with Crippen LogP contribution in [-0.2, 0) is 0 Å². The normalized spacial score (nSPS) is 13.2. The van der Waals surface area contributed by atoms with Gasteiger partial charge in [0.25, 0.3) is 0 Å². The molecule has 0 spiro atoms. The number of nitrogens with two attached hydrogens (primary N) is 1. The van der Waals surface area contributed by atoms with Crippen molar-refractivity contribution in [1.29, 1.82) is 0 Å². The first-order valence-corrected chi connectivity index (χ1v) is 3.24. The minimum atomic E-state index is -4.40. The average Bonchev–Trinajstić information content (AvgIpc) is 2.03. The fourth-order valence-corrected chi connectivity index (χ4v) is 0.749. The number of aromatic nitrogens is 1. The van der Waals surface area contributed by atoms with Gasteiger partial charge in [0.2, 0.25) is 0 Å². The smallest absolute Gasteiger partial charge is 0.316 e. The van der Waals surface area contributed by atoms with E-state index in [9.17, 15) is 13.2 Å². The van der Waals surface area contributed by atoms with Crippen molar-refractivity contribution in [2.24, 2.45) is 5.73 Å². The zero-order valence-electron chi connectivity index (χ0n) is 6.45. The molecule has 0 bridgehead atoms. The van der Waals surface area contributed by atoms with Gasteiger partial charge in [-0.2, -0.15) is 13.2 Å². The summed E-state index contributed by atoms with van der Waals surface area (Å²) in [6.45, 7) is 0. The third-order valence-corrected chi connectivity index (χ3v) is 1.40. The van der Waals surface area contributed by atoms with E-state index in [1.807, 2.05) is 0 Å². The van der Waals surface area contributed by atoms with Gasteiger partial charge in [0, 0.05) is 12.4 Å². The van der Waals surface area contributed by atoms with E-state index < -0.39 is 12.2 Å². The highest BCUT2D eigenvalue weighted by Crippen LogP contribution is 2.29. The standard InChI is InChI=1S/C7H7F3N2.ClH/c8-7(9,10)6(11)5-2-1-3-12-4-5;/h1-4,6H,11H2;1H/t6-;/m1./s1. The van der Waals surface area contributed by atoms with Gasteiger partial charge in [0.1, 0.15) is 6.04 Å². The monoisotopic (exact) mass is 212 g/mol. The van der Waals surface area contributed by atoms with E-state index in [1.165, 1.54) is 18.3 Å². The maximum atomic E-state index is 12.0. The van der Waals surface area contributed by atoms with E-state index in [0.29, 0.717) is 0 Å². The van der Waals surface area contributed by atoms with Gasteiger partial charge in [-0.1, -0.05) is 6.07 Å². The quantitative estimate of drug-likeness (QED) is 0.774. The van der Waals surface area contributed by atoms with Crippen molar-refractivity contribution in [2.75, 3.05) is 0 Å². The number of pyridine rings is 1. The van der Waals surface area contributed by atoms with Crippen LogP contribution in [0.5, 0.6) is 0 Å². The average molecular weight is 213 g/mol. The van der Waals surface area contributed by atoms with Gasteiger partial charge in [0.05, 0.1) is 0 Å². The van der Waals surface area contributed by atoms with Crippen LogP contribution in [-0.4, -0.2) is 11.2 Å². The first-order valence-electron chi connectivity index (χ1n) is 3.24. The van der Waals surface area contributed by atoms with Crippen LogP contribution in [0.15, 0.2) is 24.5 Å². The molecule has 0 aliphatic rings. The van der Waals surface area contributed by atoms with Crippen molar-refractivity contribution >= 4 is 12.4 Å². The van der Waals surface area contributed by atoms with Crippen molar-refractivity contribution < 1.29 is 13.2 Å². The van der Waals surface area contributed by atoms with Crippen LogP contribution in [0.1, 0.15) is 11.6 Å². The number of halogens is 4. The Hall–Kier alpha value is -0.810. The van der Waals surface area contributed by atoms with Crippen LogP contribution >= 0.6 is 12.4 Å². The molecule has 0 aromatic carbocycles. The van der Waals surface area contributed by atoms with Crippen LogP contribution in [0, 0.1) is 0 Å². The molecule has 0 saturated carbocycles. The highest BCUT2D eigenvalue weighted by atomic mass is 35.5. The van der Waals surface area contributed by atoms with Crippen LogP contribution < -0.4 is 5.73 Å². The Morgan fingerprint density at radius 1 is 1.38 bits per heavy atom. The molecule has 1 aromatic heterocycles. The third-order valence-electron chi connectivity index (χ3n) is 1.40. The summed E-state index contributed by atoms with van der Waals surface area (Å²) in [7, 11) is 0. The summed E-state index contributed by atoms with van der Waals surface area (Å²) in [6.07, 6.45) is -1.90. The first kappa shape index (κ1) is 12.2. The van der Waals surface area contributed by atoms with E-state index in [0.717, 1.165) is 6.20 Å². The van der Waals surface area contributed by atoms with Crippen molar-refractivity contribution in [2.45, 2.75) is 12.2 Å². The number of rotatable bonds is 1. The molecule has 6 heteroatoms. The molecule has 13 heavy (non-hydrogen) atoms. The summed E-state index contributed by atoms with van der Waals surface area (Å²) in [5.41, 5.74) is 4.88. The lowest BCUT2D eigenvalue weighted by atomic mass is 10.1. The molecule has 1 rings (SSSR count). The first-order chi connectivity index (χ1) is 5.52. The van der Waals surface area contributed by atoms with Gasteiger partial charge in [-0.3, -0.25) is 4.98 Å². The Bertz CT molecular complexity index is 250. The van der Waals surface area contributed by atoms with Gasteiger partial charge in [-0.25, -0.2) is 0 Å². The Morgan fingerprint density at radius 3 is 2.38 bits per heavy atom. The highest BCUT2D eigenvalue weighted by Gasteiger charge is 2.37. The fraction of sp³-hybridized carbons (Fsp3) is 0.286. The second-order valence-electron chi connectivity index (χ2n) is 2.31. The summed E-state index contributed by atoms with van der Waals surface area (Å²) >= 11 is 0. The lowest BCUT2D eigenvalue weighted by molar-refractivity contribution is -0.149. The Balaban J connectivity index is 0.00000144. The van der Waals surface area contributed by atoms with E-state index in [2.05, 4.69) is 4.98 Å². The molecule has 0 unspecified atom stereocenters. The van der Waals surface area contributed by atoms with E-state index in [4.69, 9.17) is 5.73 Å². The van der Waals surface area contributed by atoms with E-state index >= 15 is 0 Å². The molecule has 2 N–H and O–H groups in total. The minimum Gasteiger partial charge on any atom is -0.316 e. The van der Waals surface area contributed by atoms with Crippen LogP contribution in [0.3, 0.4) is 0 Å². The summed E-state index contributed by atoms with van der Waals surface area (Å²) in [4.78, 5) is 3.54. The van der Waals surface area contributed by atoms with Gasteiger partial charge in [-0.05, 0) is 11.6 Å². The van der Waals surface area contributed by atoms with E-state index in [1.54, 1.807) is 0 Å².